The van der Waals surface area contributed by atoms with Crippen molar-refractivity contribution in [1.29, 1.82) is 0 Å². The van der Waals surface area contributed by atoms with Crippen molar-refractivity contribution in [1.82, 2.24) is 10.2 Å². The van der Waals surface area contributed by atoms with E-state index >= 15 is 0 Å². The van der Waals surface area contributed by atoms with Crippen LogP contribution in [0.3, 0.4) is 0 Å². The molecule has 1 aromatic rings. The van der Waals surface area contributed by atoms with E-state index in [0.29, 0.717) is 12.2 Å². The van der Waals surface area contributed by atoms with Gasteiger partial charge in [0.2, 0.25) is 5.91 Å². The number of benzene rings is 1. The molecule has 0 saturated carbocycles. The summed E-state index contributed by atoms with van der Waals surface area (Å²) in [6, 6.07) is 7.22. The first-order valence-corrected chi connectivity index (χ1v) is 7.15. The molecule has 0 aliphatic carbocycles. The van der Waals surface area contributed by atoms with Crippen LogP contribution in [0.5, 0.6) is 5.75 Å². The number of nitrogens with zero attached hydrogens (tertiary/aromatic N) is 1. The highest BCUT2D eigenvalue weighted by Crippen LogP contribution is 2.28. The number of carbonyl (C=O) groups excluding carboxylic acids is 1. The molecule has 0 aromatic heterocycles. The third-order valence-corrected chi connectivity index (χ3v) is 3.97. The number of rotatable bonds is 4. The fourth-order valence-corrected chi connectivity index (χ4v) is 2.79. The van der Waals surface area contributed by atoms with Gasteiger partial charge in [-0.1, -0.05) is 12.1 Å². The van der Waals surface area contributed by atoms with Crippen molar-refractivity contribution in [2.24, 2.45) is 0 Å². The Morgan fingerprint density at radius 2 is 2.06 bits per heavy atom. The van der Waals surface area contributed by atoms with Crippen LogP contribution in [0.15, 0.2) is 29.2 Å². The molecule has 0 radical (unpaired) electrons. The fraction of sp³-hybridized carbons (Fsp3) is 0.462. The molecule has 0 atom stereocenters. The smallest absolute Gasteiger partial charge is 0.223 e. The Labute approximate surface area is 111 Å². The number of phenolic OH excluding ortho intramolecular Hbond substituents is 1. The molecule has 1 aliphatic rings. The van der Waals surface area contributed by atoms with E-state index in [0.717, 1.165) is 31.1 Å². The number of aromatic hydroxyl groups is 1. The van der Waals surface area contributed by atoms with Gasteiger partial charge in [0.25, 0.3) is 0 Å². The van der Waals surface area contributed by atoms with E-state index in [1.54, 1.807) is 12.1 Å². The summed E-state index contributed by atoms with van der Waals surface area (Å²) in [7, 11) is 0. The van der Waals surface area contributed by atoms with Gasteiger partial charge in [0, 0.05) is 43.2 Å². The lowest BCUT2D eigenvalue weighted by Gasteiger charge is -2.27. The number of para-hydroxylation sites is 1. The summed E-state index contributed by atoms with van der Waals surface area (Å²) in [4.78, 5) is 14.6. The van der Waals surface area contributed by atoms with Crippen LogP contribution in [-0.2, 0) is 4.79 Å². The Morgan fingerprint density at radius 3 is 2.78 bits per heavy atom. The Kier molecular flexibility index (Phi) is 4.90. The predicted molar refractivity (Wildman–Crippen MR) is 72.9 cm³/mol. The molecule has 1 aliphatic heterocycles. The minimum Gasteiger partial charge on any atom is -0.507 e. The van der Waals surface area contributed by atoms with Gasteiger partial charge < -0.3 is 15.3 Å². The van der Waals surface area contributed by atoms with Crippen LogP contribution in [0.4, 0.5) is 0 Å². The summed E-state index contributed by atoms with van der Waals surface area (Å²) >= 11 is 1.53. The molecule has 98 valence electrons. The van der Waals surface area contributed by atoms with Crippen LogP contribution >= 0.6 is 11.8 Å². The van der Waals surface area contributed by atoms with Gasteiger partial charge in [-0.25, -0.2) is 0 Å². The van der Waals surface area contributed by atoms with Crippen LogP contribution in [0.2, 0.25) is 0 Å². The van der Waals surface area contributed by atoms with Crippen LogP contribution in [-0.4, -0.2) is 47.8 Å². The molecule has 4 nitrogen and oxygen atoms in total. The molecule has 0 bridgehead atoms. The fourth-order valence-electron chi connectivity index (χ4n) is 1.90. The maximum atomic E-state index is 11.9. The topological polar surface area (TPSA) is 52.6 Å². The quantitative estimate of drug-likeness (QED) is 0.807. The van der Waals surface area contributed by atoms with E-state index in [1.165, 1.54) is 11.8 Å². The summed E-state index contributed by atoms with van der Waals surface area (Å²) in [6.07, 6.45) is 0.527. The summed E-state index contributed by atoms with van der Waals surface area (Å²) in [5.41, 5.74) is 0. The van der Waals surface area contributed by atoms with Gasteiger partial charge in [0.15, 0.2) is 0 Å². The number of thioether (sulfide) groups is 1. The first-order chi connectivity index (χ1) is 8.77. The number of amides is 1. The Bertz CT molecular complexity index is 406. The molecule has 1 saturated heterocycles. The van der Waals surface area contributed by atoms with Crippen LogP contribution < -0.4 is 5.32 Å². The van der Waals surface area contributed by atoms with E-state index in [9.17, 15) is 9.90 Å². The number of hydrogen-bond acceptors (Lipinski definition) is 4. The second-order valence-electron chi connectivity index (χ2n) is 4.20. The van der Waals surface area contributed by atoms with Crippen LogP contribution in [0.25, 0.3) is 0 Å². The first kappa shape index (κ1) is 13.2. The first-order valence-electron chi connectivity index (χ1n) is 6.16. The molecule has 2 rings (SSSR count). The molecule has 2 N–H and O–H groups in total. The van der Waals surface area contributed by atoms with Gasteiger partial charge in [-0.2, -0.15) is 0 Å². The number of piperazine rings is 1. The normalized spacial score (nSPS) is 15.7. The Hall–Kier alpha value is -1.20. The van der Waals surface area contributed by atoms with E-state index in [2.05, 4.69) is 5.32 Å². The molecule has 1 heterocycles. The number of nitrogens with one attached hydrogen (secondary N) is 1. The van der Waals surface area contributed by atoms with Gasteiger partial charge in [-0.15, -0.1) is 11.8 Å². The summed E-state index contributed by atoms with van der Waals surface area (Å²) in [6.45, 7) is 3.39. The maximum Gasteiger partial charge on any atom is 0.223 e. The second-order valence-corrected chi connectivity index (χ2v) is 5.33. The van der Waals surface area contributed by atoms with Gasteiger partial charge in [-0.3, -0.25) is 4.79 Å². The highest BCUT2D eigenvalue weighted by Gasteiger charge is 2.15. The third kappa shape index (κ3) is 3.65. The summed E-state index contributed by atoms with van der Waals surface area (Å²) in [5, 5.41) is 12.8. The van der Waals surface area contributed by atoms with Gasteiger partial charge in [-0.05, 0) is 12.1 Å². The van der Waals surface area contributed by atoms with E-state index in [4.69, 9.17) is 0 Å². The minimum atomic E-state index is 0.208. The summed E-state index contributed by atoms with van der Waals surface area (Å²) < 4.78 is 0. The highest BCUT2D eigenvalue weighted by atomic mass is 32.2. The molecular formula is C13H18N2O2S. The maximum absolute atomic E-state index is 11.9. The van der Waals surface area contributed by atoms with Crippen molar-refractivity contribution in [3.05, 3.63) is 24.3 Å². The molecule has 1 fully saturated rings. The number of carbonyl (C=O) groups is 1. The third-order valence-electron chi connectivity index (χ3n) is 2.91. The van der Waals surface area contributed by atoms with Crippen molar-refractivity contribution in [3.8, 4) is 5.75 Å². The SMILES string of the molecule is O=C(CCSc1ccccc1O)N1CCNCC1. The highest BCUT2D eigenvalue weighted by molar-refractivity contribution is 7.99. The van der Waals surface area contributed by atoms with Crippen LogP contribution in [0.1, 0.15) is 6.42 Å². The standard InChI is InChI=1S/C13H18N2O2S/c16-11-3-1-2-4-12(11)18-10-5-13(17)15-8-6-14-7-9-15/h1-4,14,16H,5-10H2. The van der Waals surface area contributed by atoms with E-state index < -0.39 is 0 Å². The molecule has 1 amide bonds. The monoisotopic (exact) mass is 266 g/mol. The van der Waals surface area contributed by atoms with Crippen molar-refractivity contribution in [3.63, 3.8) is 0 Å². The van der Waals surface area contributed by atoms with Crippen molar-refractivity contribution in [2.45, 2.75) is 11.3 Å². The number of phenols is 1. The lowest BCUT2D eigenvalue weighted by Crippen LogP contribution is -2.46. The number of hydrogen-bond donors (Lipinski definition) is 2. The van der Waals surface area contributed by atoms with E-state index in [1.807, 2.05) is 17.0 Å². The average Bonchev–Trinajstić information content (AvgIpc) is 2.42. The van der Waals surface area contributed by atoms with Crippen molar-refractivity contribution >= 4 is 17.7 Å². The van der Waals surface area contributed by atoms with Crippen molar-refractivity contribution < 1.29 is 9.90 Å². The zero-order chi connectivity index (χ0) is 12.8. The average molecular weight is 266 g/mol. The molecule has 0 spiro atoms. The second kappa shape index (κ2) is 6.66. The Morgan fingerprint density at radius 1 is 1.33 bits per heavy atom. The molecule has 5 heteroatoms. The zero-order valence-corrected chi connectivity index (χ0v) is 11.1. The molecular weight excluding hydrogens is 248 g/mol. The van der Waals surface area contributed by atoms with Gasteiger partial charge in [0.05, 0.1) is 0 Å². The van der Waals surface area contributed by atoms with Gasteiger partial charge >= 0.3 is 0 Å². The zero-order valence-electron chi connectivity index (χ0n) is 10.3. The molecule has 1 aromatic carbocycles. The lowest BCUT2D eigenvalue weighted by atomic mass is 10.3. The lowest BCUT2D eigenvalue weighted by molar-refractivity contribution is -0.131. The minimum absolute atomic E-state index is 0.208. The van der Waals surface area contributed by atoms with Crippen LogP contribution in [0, 0.1) is 0 Å². The predicted octanol–water partition coefficient (Wildman–Crippen LogP) is 1.31. The molecule has 18 heavy (non-hydrogen) atoms. The molecule has 0 unspecified atom stereocenters. The van der Waals surface area contributed by atoms with Crippen molar-refractivity contribution in [2.75, 3.05) is 31.9 Å². The van der Waals surface area contributed by atoms with E-state index in [-0.39, 0.29) is 11.7 Å². The van der Waals surface area contributed by atoms with Gasteiger partial charge in [0.1, 0.15) is 5.75 Å². The summed E-state index contributed by atoms with van der Waals surface area (Å²) in [5.74, 6) is 1.21. The Balaban J connectivity index is 1.75. The largest absolute Gasteiger partial charge is 0.507 e.